The standard InChI is InChI=1S/C13H16ClNO4S/c1-19-13(16)9-6-7-11(14)12(8-9)20(17,18)15-10-4-2-3-5-10/h6-8,10,15H,2-5H2,1H3. The maximum atomic E-state index is 12.3. The number of hydrogen-bond acceptors (Lipinski definition) is 4. The second kappa shape index (κ2) is 6.11. The van der Waals surface area contributed by atoms with Crippen molar-refractivity contribution in [1.82, 2.24) is 4.72 Å². The molecule has 0 unspecified atom stereocenters. The topological polar surface area (TPSA) is 72.5 Å². The monoisotopic (exact) mass is 317 g/mol. The highest BCUT2D eigenvalue weighted by Crippen LogP contribution is 2.25. The summed E-state index contributed by atoms with van der Waals surface area (Å²) in [6.45, 7) is 0. The van der Waals surface area contributed by atoms with Crippen molar-refractivity contribution in [3.05, 3.63) is 28.8 Å². The molecule has 2 rings (SSSR count). The van der Waals surface area contributed by atoms with E-state index in [1.807, 2.05) is 0 Å². The number of benzene rings is 1. The molecule has 0 heterocycles. The van der Waals surface area contributed by atoms with Crippen molar-refractivity contribution in [3.63, 3.8) is 0 Å². The number of rotatable bonds is 4. The van der Waals surface area contributed by atoms with Gasteiger partial charge in [-0.05, 0) is 31.0 Å². The molecule has 0 amide bonds. The summed E-state index contributed by atoms with van der Waals surface area (Å²) in [6, 6.07) is 4.00. The second-order valence-corrected chi connectivity index (χ2v) is 6.83. The quantitative estimate of drug-likeness (QED) is 0.865. The number of carbonyl (C=O) groups is 1. The third kappa shape index (κ3) is 3.31. The van der Waals surface area contributed by atoms with Gasteiger partial charge in [-0.25, -0.2) is 17.9 Å². The lowest BCUT2D eigenvalue weighted by molar-refractivity contribution is 0.0600. The molecule has 0 spiro atoms. The number of methoxy groups -OCH3 is 1. The van der Waals surface area contributed by atoms with E-state index in [1.165, 1.54) is 25.3 Å². The van der Waals surface area contributed by atoms with Gasteiger partial charge in [-0.2, -0.15) is 0 Å². The predicted molar refractivity (Wildman–Crippen MR) is 75.4 cm³/mol. The molecule has 110 valence electrons. The Morgan fingerprint density at radius 3 is 2.60 bits per heavy atom. The molecular formula is C13H16ClNO4S. The molecule has 7 heteroatoms. The van der Waals surface area contributed by atoms with Crippen LogP contribution in [0, 0.1) is 0 Å². The Balaban J connectivity index is 2.32. The second-order valence-electron chi connectivity index (χ2n) is 4.74. The summed E-state index contributed by atoms with van der Waals surface area (Å²) in [5, 5.41) is 0.0863. The van der Waals surface area contributed by atoms with Crippen LogP contribution in [0.15, 0.2) is 23.1 Å². The lowest BCUT2D eigenvalue weighted by Crippen LogP contribution is -2.32. The van der Waals surface area contributed by atoms with Gasteiger partial charge in [-0.15, -0.1) is 0 Å². The van der Waals surface area contributed by atoms with Gasteiger partial charge in [0.25, 0.3) is 0 Å². The molecule has 1 aliphatic rings. The van der Waals surface area contributed by atoms with Crippen LogP contribution in [-0.2, 0) is 14.8 Å². The summed E-state index contributed by atoms with van der Waals surface area (Å²) in [7, 11) is -2.49. The first kappa shape index (κ1) is 15.3. The maximum Gasteiger partial charge on any atom is 0.337 e. The van der Waals surface area contributed by atoms with Crippen LogP contribution in [0.2, 0.25) is 5.02 Å². The number of nitrogens with one attached hydrogen (secondary N) is 1. The zero-order valence-electron chi connectivity index (χ0n) is 11.1. The minimum absolute atomic E-state index is 0.0575. The third-order valence-corrected chi connectivity index (χ3v) is 5.32. The van der Waals surface area contributed by atoms with Crippen molar-refractivity contribution >= 4 is 27.6 Å². The molecule has 1 aromatic rings. The summed E-state index contributed by atoms with van der Waals surface area (Å²) < 4.78 is 31.9. The first-order valence-electron chi connectivity index (χ1n) is 6.34. The summed E-state index contributed by atoms with van der Waals surface area (Å²) in [5.74, 6) is -0.598. The summed E-state index contributed by atoms with van der Waals surface area (Å²) >= 11 is 5.94. The first-order chi connectivity index (χ1) is 9.44. The largest absolute Gasteiger partial charge is 0.465 e. The molecule has 1 aromatic carbocycles. The number of halogens is 1. The van der Waals surface area contributed by atoms with E-state index >= 15 is 0 Å². The van der Waals surface area contributed by atoms with E-state index in [4.69, 9.17) is 11.6 Å². The van der Waals surface area contributed by atoms with Crippen LogP contribution >= 0.6 is 11.6 Å². The molecule has 0 saturated heterocycles. The molecule has 1 saturated carbocycles. The fourth-order valence-corrected chi connectivity index (χ4v) is 4.11. The molecule has 5 nitrogen and oxygen atoms in total. The van der Waals surface area contributed by atoms with Crippen molar-refractivity contribution in [2.24, 2.45) is 0 Å². The van der Waals surface area contributed by atoms with Crippen LogP contribution in [0.25, 0.3) is 0 Å². The van der Waals surface area contributed by atoms with Crippen molar-refractivity contribution in [2.75, 3.05) is 7.11 Å². The van der Waals surface area contributed by atoms with Gasteiger partial charge in [-0.1, -0.05) is 24.4 Å². The van der Waals surface area contributed by atoms with E-state index < -0.39 is 16.0 Å². The van der Waals surface area contributed by atoms with E-state index in [0.29, 0.717) is 0 Å². The van der Waals surface area contributed by atoms with E-state index in [2.05, 4.69) is 9.46 Å². The summed E-state index contributed by atoms with van der Waals surface area (Å²) in [4.78, 5) is 11.4. The van der Waals surface area contributed by atoms with Crippen molar-refractivity contribution in [3.8, 4) is 0 Å². The van der Waals surface area contributed by atoms with Crippen LogP contribution in [-0.4, -0.2) is 27.5 Å². The minimum Gasteiger partial charge on any atom is -0.465 e. The Morgan fingerprint density at radius 1 is 1.35 bits per heavy atom. The normalized spacial score (nSPS) is 16.3. The highest BCUT2D eigenvalue weighted by Gasteiger charge is 2.25. The molecule has 0 aliphatic heterocycles. The van der Waals surface area contributed by atoms with Crippen LogP contribution in [0.4, 0.5) is 0 Å². The maximum absolute atomic E-state index is 12.3. The predicted octanol–water partition coefficient (Wildman–Crippen LogP) is 2.35. The smallest absolute Gasteiger partial charge is 0.337 e. The lowest BCUT2D eigenvalue weighted by atomic mass is 10.2. The number of hydrogen-bond donors (Lipinski definition) is 1. The number of carbonyl (C=O) groups excluding carboxylic acids is 1. The van der Waals surface area contributed by atoms with E-state index in [9.17, 15) is 13.2 Å². The molecule has 0 radical (unpaired) electrons. The van der Waals surface area contributed by atoms with Crippen molar-refractivity contribution in [1.29, 1.82) is 0 Å². The van der Waals surface area contributed by atoms with Gasteiger partial charge < -0.3 is 4.74 Å². The molecule has 0 atom stereocenters. The lowest BCUT2D eigenvalue weighted by Gasteiger charge is -2.14. The van der Waals surface area contributed by atoms with Gasteiger partial charge in [0.05, 0.1) is 17.7 Å². The van der Waals surface area contributed by atoms with Gasteiger partial charge in [0.15, 0.2) is 0 Å². The number of ether oxygens (including phenoxy) is 1. The van der Waals surface area contributed by atoms with E-state index in [0.717, 1.165) is 25.7 Å². The van der Waals surface area contributed by atoms with Gasteiger partial charge in [-0.3, -0.25) is 0 Å². The molecule has 0 aromatic heterocycles. The van der Waals surface area contributed by atoms with Crippen LogP contribution in [0.5, 0.6) is 0 Å². The van der Waals surface area contributed by atoms with E-state index in [-0.39, 0.29) is 21.5 Å². The van der Waals surface area contributed by atoms with Crippen LogP contribution in [0.3, 0.4) is 0 Å². The molecule has 1 fully saturated rings. The van der Waals surface area contributed by atoms with Gasteiger partial charge in [0.2, 0.25) is 10.0 Å². The Hall–Kier alpha value is -1.11. The van der Waals surface area contributed by atoms with E-state index in [1.54, 1.807) is 0 Å². The Kier molecular flexibility index (Phi) is 4.67. The molecule has 0 bridgehead atoms. The SMILES string of the molecule is COC(=O)c1ccc(Cl)c(S(=O)(=O)NC2CCCC2)c1. The average Bonchev–Trinajstić information content (AvgIpc) is 2.90. The number of esters is 1. The fourth-order valence-electron chi connectivity index (χ4n) is 2.28. The molecule has 1 aliphatic carbocycles. The summed E-state index contributed by atoms with van der Waals surface area (Å²) in [5.41, 5.74) is 0.156. The molecular weight excluding hydrogens is 302 g/mol. The Morgan fingerprint density at radius 2 is 2.00 bits per heavy atom. The first-order valence-corrected chi connectivity index (χ1v) is 8.20. The minimum atomic E-state index is -3.73. The molecule has 20 heavy (non-hydrogen) atoms. The van der Waals surface area contributed by atoms with Gasteiger partial charge >= 0.3 is 5.97 Å². The van der Waals surface area contributed by atoms with Crippen LogP contribution in [0.1, 0.15) is 36.0 Å². The third-order valence-electron chi connectivity index (χ3n) is 3.32. The average molecular weight is 318 g/mol. The van der Waals surface area contributed by atoms with Gasteiger partial charge in [0.1, 0.15) is 4.90 Å². The Labute approximate surface area is 123 Å². The fraction of sp³-hybridized carbons (Fsp3) is 0.462. The zero-order chi connectivity index (χ0) is 14.8. The zero-order valence-corrected chi connectivity index (χ0v) is 12.6. The van der Waals surface area contributed by atoms with Crippen molar-refractivity contribution < 1.29 is 17.9 Å². The highest BCUT2D eigenvalue weighted by atomic mass is 35.5. The number of sulfonamides is 1. The Bertz CT molecular complexity index is 609. The van der Waals surface area contributed by atoms with Crippen molar-refractivity contribution in [2.45, 2.75) is 36.6 Å². The molecule has 1 N–H and O–H groups in total. The highest BCUT2D eigenvalue weighted by molar-refractivity contribution is 7.89. The van der Waals surface area contributed by atoms with Gasteiger partial charge in [0, 0.05) is 6.04 Å². The summed E-state index contributed by atoms with van der Waals surface area (Å²) in [6.07, 6.45) is 3.69. The van der Waals surface area contributed by atoms with Crippen LogP contribution < -0.4 is 4.72 Å².